The molecule has 0 saturated heterocycles. The van der Waals surface area contributed by atoms with Gasteiger partial charge in [-0.2, -0.15) is 0 Å². The lowest BCUT2D eigenvalue weighted by Crippen LogP contribution is -2.34. The average molecular weight is 238 g/mol. The molecule has 0 aliphatic carbocycles. The van der Waals surface area contributed by atoms with Crippen LogP contribution in [0.4, 0.5) is 10.6 Å². The van der Waals surface area contributed by atoms with E-state index in [0.29, 0.717) is 11.4 Å². The first-order chi connectivity index (χ1) is 7.83. The van der Waals surface area contributed by atoms with Crippen LogP contribution in [0.25, 0.3) is 0 Å². The molecule has 17 heavy (non-hydrogen) atoms. The molecule has 1 N–H and O–H groups in total. The van der Waals surface area contributed by atoms with Gasteiger partial charge in [0, 0.05) is 13.2 Å². The molecule has 1 amide bonds. The van der Waals surface area contributed by atoms with E-state index in [1.54, 1.807) is 40.0 Å². The summed E-state index contributed by atoms with van der Waals surface area (Å²) >= 11 is 0. The molecule has 0 bridgehead atoms. The second-order valence-corrected chi connectivity index (χ2v) is 4.72. The number of pyridine rings is 1. The predicted molar refractivity (Wildman–Crippen MR) is 64.8 cm³/mol. The molecule has 0 fully saturated rings. The number of ether oxygens (including phenoxy) is 1. The lowest BCUT2D eigenvalue weighted by molar-refractivity contribution is 0.0588. The third-order valence-electron chi connectivity index (χ3n) is 2.00. The van der Waals surface area contributed by atoms with Crippen LogP contribution < -0.4 is 4.90 Å². The van der Waals surface area contributed by atoms with Crippen molar-refractivity contribution in [2.75, 3.05) is 11.9 Å². The Balaban J connectivity index is 2.74. The summed E-state index contributed by atoms with van der Waals surface area (Å²) in [5.74, 6) is 0.483. The monoisotopic (exact) mass is 238 g/mol. The molecular weight excluding hydrogens is 220 g/mol. The van der Waals surface area contributed by atoms with Gasteiger partial charge in [0.15, 0.2) is 0 Å². The smallest absolute Gasteiger partial charge is 0.415 e. The van der Waals surface area contributed by atoms with Crippen molar-refractivity contribution in [3.63, 3.8) is 0 Å². The van der Waals surface area contributed by atoms with E-state index < -0.39 is 11.7 Å². The SMILES string of the molecule is CN(C(=O)OC(C)(C)C)c1ccc(CO)cn1. The molecule has 0 saturated carbocycles. The first-order valence-corrected chi connectivity index (χ1v) is 5.36. The van der Waals surface area contributed by atoms with Crippen molar-refractivity contribution in [1.82, 2.24) is 4.98 Å². The first-order valence-electron chi connectivity index (χ1n) is 5.36. The number of rotatable bonds is 2. The van der Waals surface area contributed by atoms with Crippen molar-refractivity contribution in [2.24, 2.45) is 0 Å². The van der Waals surface area contributed by atoms with E-state index in [9.17, 15) is 4.79 Å². The van der Waals surface area contributed by atoms with Crippen LogP contribution in [0.2, 0.25) is 0 Å². The highest BCUT2D eigenvalue weighted by Gasteiger charge is 2.20. The molecule has 5 heteroatoms. The van der Waals surface area contributed by atoms with Gasteiger partial charge in [0.1, 0.15) is 11.4 Å². The van der Waals surface area contributed by atoms with Crippen molar-refractivity contribution in [3.05, 3.63) is 23.9 Å². The van der Waals surface area contributed by atoms with E-state index in [-0.39, 0.29) is 6.61 Å². The Morgan fingerprint density at radius 1 is 1.47 bits per heavy atom. The summed E-state index contributed by atoms with van der Waals surface area (Å²) in [5, 5.41) is 8.88. The number of nitrogens with zero attached hydrogens (tertiary/aromatic N) is 2. The van der Waals surface area contributed by atoms with Crippen molar-refractivity contribution < 1.29 is 14.6 Å². The maximum Gasteiger partial charge on any atom is 0.415 e. The third-order valence-corrected chi connectivity index (χ3v) is 2.00. The lowest BCUT2D eigenvalue weighted by Gasteiger charge is -2.24. The van der Waals surface area contributed by atoms with Crippen LogP contribution in [0, 0.1) is 0 Å². The van der Waals surface area contributed by atoms with Gasteiger partial charge in [-0.1, -0.05) is 6.07 Å². The Labute approximate surface area is 101 Å². The summed E-state index contributed by atoms with van der Waals surface area (Å²) in [6, 6.07) is 3.37. The molecule has 1 heterocycles. The molecule has 1 rings (SSSR count). The predicted octanol–water partition coefficient (Wildman–Crippen LogP) is 1.95. The van der Waals surface area contributed by atoms with Crippen molar-refractivity contribution >= 4 is 11.9 Å². The van der Waals surface area contributed by atoms with Crippen LogP contribution >= 0.6 is 0 Å². The zero-order valence-electron chi connectivity index (χ0n) is 10.6. The maximum absolute atomic E-state index is 11.7. The van der Waals surface area contributed by atoms with Crippen LogP contribution in [-0.4, -0.2) is 28.8 Å². The Kier molecular flexibility index (Phi) is 4.07. The second-order valence-electron chi connectivity index (χ2n) is 4.72. The topological polar surface area (TPSA) is 62.7 Å². The minimum Gasteiger partial charge on any atom is -0.443 e. The van der Waals surface area contributed by atoms with Gasteiger partial charge in [-0.25, -0.2) is 9.78 Å². The number of anilines is 1. The molecule has 1 aromatic rings. The van der Waals surface area contributed by atoms with Crippen LogP contribution in [-0.2, 0) is 11.3 Å². The number of aliphatic hydroxyl groups is 1. The molecule has 1 aromatic heterocycles. The standard InChI is InChI=1S/C12H18N2O3/c1-12(2,3)17-11(16)14(4)10-6-5-9(8-15)7-13-10/h5-7,15H,8H2,1-4H3. The average Bonchev–Trinajstić information content (AvgIpc) is 2.26. The Hall–Kier alpha value is -1.62. The molecule has 5 nitrogen and oxygen atoms in total. The number of hydrogen-bond acceptors (Lipinski definition) is 4. The van der Waals surface area contributed by atoms with Gasteiger partial charge in [0.2, 0.25) is 0 Å². The van der Waals surface area contributed by atoms with E-state index in [2.05, 4.69) is 4.98 Å². The molecule has 94 valence electrons. The molecule has 0 aliphatic heterocycles. The molecular formula is C12H18N2O3. The number of amides is 1. The Morgan fingerprint density at radius 2 is 2.12 bits per heavy atom. The molecule has 0 aliphatic rings. The van der Waals surface area contributed by atoms with Crippen LogP contribution in [0.3, 0.4) is 0 Å². The zero-order valence-corrected chi connectivity index (χ0v) is 10.6. The number of aromatic nitrogens is 1. The van der Waals surface area contributed by atoms with Crippen molar-refractivity contribution in [1.29, 1.82) is 0 Å². The lowest BCUT2D eigenvalue weighted by atomic mass is 10.2. The van der Waals surface area contributed by atoms with E-state index >= 15 is 0 Å². The zero-order chi connectivity index (χ0) is 13.1. The first kappa shape index (κ1) is 13.4. The highest BCUT2D eigenvalue weighted by Crippen LogP contribution is 2.14. The van der Waals surface area contributed by atoms with Gasteiger partial charge >= 0.3 is 6.09 Å². The molecule has 0 radical (unpaired) electrons. The van der Waals surface area contributed by atoms with Crippen LogP contribution in [0.5, 0.6) is 0 Å². The maximum atomic E-state index is 11.7. The van der Waals surface area contributed by atoms with Gasteiger partial charge in [-0.15, -0.1) is 0 Å². The largest absolute Gasteiger partial charge is 0.443 e. The molecule has 0 atom stereocenters. The fraction of sp³-hybridized carbons (Fsp3) is 0.500. The summed E-state index contributed by atoms with van der Waals surface area (Å²) in [4.78, 5) is 17.1. The summed E-state index contributed by atoms with van der Waals surface area (Å²) in [6.07, 6.45) is 1.07. The second kappa shape index (κ2) is 5.14. The summed E-state index contributed by atoms with van der Waals surface area (Å²) in [7, 11) is 1.59. The van der Waals surface area contributed by atoms with E-state index in [1.165, 1.54) is 11.1 Å². The third kappa shape index (κ3) is 4.03. The molecule has 0 aromatic carbocycles. The van der Waals surface area contributed by atoms with Crippen LogP contribution in [0.1, 0.15) is 26.3 Å². The Morgan fingerprint density at radius 3 is 2.53 bits per heavy atom. The van der Waals surface area contributed by atoms with Crippen molar-refractivity contribution in [3.8, 4) is 0 Å². The van der Waals surface area contributed by atoms with Gasteiger partial charge < -0.3 is 9.84 Å². The minimum atomic E-state index is -0.531. The fourth-order valence-electron chi connectivity index (χ4n) is 1.13. The van der Waals surface area contributed by atoms with Crippen molar-refractivity contribution in [2.45, 2.75) is 33.0 Å². The van der Waals surface area contributed by atoms with Crippen LogP contribution in [0.15, 0.2) is 18.3 Å². The van der Waals surface area contributed by atoms with Gasteiger partial charge in [-0.05, 0) is 32.4 Å². The Bertz CT molecular complexity index is 382. The number of carbonyl (C=O) groups excluding carboxylic acids is 1. The highest BCUT2D eigenvalue weighted by molar-refractivity contribution is 5.85. The van der Waals surface area contributed by atoms with Gasteiger partial charge in [0.05, 0.1) is 6.61 Å². The fourth-order valence-corrected chi connectivity index (χ4v) is 1.13. The number of aliphatic hydroxyl groups excluding tert-OH is 1. The number of carbonyl (C=O) groups is 1. The minimum absolute atomic E-state index is 0.0660. The van der Waals surface area contributed by atoms with E-state index in [4.69, 9.17) is 9.84 Å². The quantitative estimate of drug-likeness (QED) is 0.855. The normalized spacial score (nSPS) is 11.1. The molecule has 0 unspecified atom stereocenters. The van der Waals surface area contributed by atoms with Gasteiger partial charge in [-0.3, -0.25) is 4.90 Å². The van der Waals surface area contributed by atoms with E-state index in [0.717, 1.165) is 0 Å². The van der Waals surface area contributed by atoms with Gasteiger partial charge in [0.25, 0.3) is 0 Å². The van der Waals surface area contributed by atoms with E-state index in [1.807, 2.05) is 0 Å². The summed E-state index contributed by atoms with van der Waals surface area (Å²) in [5.41, 5.74) is 0.169. The summed E-state index contributed by atoms with van der Waals surface area (Å²) < 4.78 is 5.21. The summed E-state index contributed by atoms with van der Waals surface area (Å²) in [6.45, 7) is 5.35. The highest BCUT2D eigenvalue weighted by atomic mass is 16.6. The number of hydrogen-bond donors (Lipinski definition) is 1. The molecule has 0 spiro atoms.